The molecule has 0 aromatic heterocycles. The minimum atomic E-state index is -0.148. The van der Waals surface area contributed by atoms with E-state index in [-0.39, 0.29) is 5.82 Å². The number of hydrogen-bond acceptors (Lipinski definition) is 2. The molecule has 0 spiro atoms. The maximum absolute atomic E-state index is 12.8. The van der Waals surface area contributed by atoms with Crippen molar-refractivity contribution >= 4 is 0 Å². The van der Waals surface area contributed by atoms with Crippen molar-refractivity contribution in [2.24, 2.45) is 11.8 Å². The molecule has 0 saturated carbocycles. The second-order valence-corrected chi connectivity index (χ2v) is 5.44. The van der Waals surface area contributed by atoms with Crippen LogP contribution in [0.4, 0.5) is 4.39 Å². The quantitative estimate of drug-likeness (QED) is 0.840. The van der Waals surface area contributed by atoms with Gasteiger partial charge in [-0.3, -0.25) is 4.90 Å². The fraction of sp³-hybridized carbons (Fsp3) is 0.571. The summed E-state index contributed by atoms with van der Waals surface area (Å²) in [5, 5.41) is 3.54. The molecule has 0 amide bonds. The van der Waals surface area contributed by atoms with Gasteiger partial charge in [-0.15, -0.1) is 0 Å². The fourth-order valence-corrected chi connectivity index (χ4v) is 3.24. The third-order valence-corrected chi connectivity index (χ3v) is 4.23. The molecule has 92 valence electrons. The van der Waals surface area contributed by atoms with Gasteiger partial charge in [-0.1, -0.05) is 12.1 Å². The Kier molecular flexibility index (Phi) is 2.89. The van der Waals surface area contributed by atoms with E-state index < -0.39 is 0 Å². The van der Waals surface area contributed by atoms with E-state index >= 15 is 0 Å². The van der Waals surface area contributed by atoms with E-state index in [0.717, 1.165) is 24.9 Å². The van der Waals surface area contributed by atoms with E-state index in [0.29, 0.717) is 6.04 Å². The molecule has 3 heteroatoms. The molecule has 0 bridgehead atoms. The highest BCUT2D eigenvalue weighted by Gasteiger charge is 2.40. The number of hydrogen-bond donors (Lipinski definition) is 1. The molecule has 17 heavy (non-hydrogen) atoms. The molecule has 1 aromatic rings. The number of benzene rings is 1. The number of fused-ring (bicyclic) bond motifs is 1. The Bertz CT molecular complexity index is 390. The summed E-state index contributed by atoms with van der Waals surface area (Å²) in [5.74, 6) is 1.46. The summed E-state index contributed by atoms with van der Waals surface area (Å²) in [7, 11) is 0. The van der Waals surface area contributed by atoms with E-state index in [9.17, 15) is 4.39 Å². The normalized spacial score (nSPS) is 32.9. The monoisotopic (exact) mass is 234 g/mol. The molecule has 0 radical (unpaired) electrons. The average molecular weight is 234 g/mol. The van der Waals surface area contributed by atoms with Crippen LogP contribution in [0.5, 0.6) is 0 Å². The van der Waals surface area contributed by atoms with Gasteiger partial charge in [-0.25, -0.2) is 4.39 Å². The van der Waals surface area contributed by atoms with Crippen molar-refractivity contribution in [2.45, 2.75) is 19.5 Å². The van der Waals surface area contributed by atoms with Gasteiger partial charge in [0.25, 0.3) is 0 Å². The van der Waals surface area contributed by atoms with Crippen molar-refractivity contribution in [3.63, 3.8) is 0 Å². The van der Waals surface area contributed by atoms with Crippen LogP contribution in [-0.4, -0.2) is 30.6 Å². The first-order valence-corrected chi connectivity index (χ1v) is 6.42. The Morgan fingerprint density at radius 2 is 2.06 bits per heavy atom. The molecular formula is C14H19FN2. The van der Waals surface area contributed by atoms with E-state index in [4.69, 9.17) is 0 Å². The lowest BCUT2D eigenvalue weighted by atomic mass is 9.95. The highest BCUT2D eigenvalue weighted by Crippen LogP contribution is 2.31. The Balaban J connectivity index is 1.62. The van der Waals surface area contributed by atoms with Gasteiger partial charge in [-0.05, 0) is 43.0 Å². The summed E-state index contributed by atoms with van der Waals surface area (Å²) in [4.78, 5) is 2.50. The first-order valence-electron chi connectivity index (χ1n) is 6.42. The second-order valence-electron chi connectivity index (χ2n) is 5.44. The van der Waals surface area contributed by atoms with Gasteiger partial charge in [0, 0.05) is 25.7 Å². The van der Waals surface area contributed by atoms with Crippen LogP contribution >= 0.6 is 0 Å². The Morgan fingerprint density at radius 1 is 1.29 bits per heavy atom. The molecule has 2 aliphatic heterocycles. The minimum Gasteiger partial charge on any atom is -0.314 e. The van der Waals surface area contributed by atoms with Crippen LogP contribution in [-0.2, 0) is 6.54 Å². The minimum absolute atomic E-state index is 0.148. The topological polar surface area (TPSA) is 15.3 Å². The van der Waals surface area contributed by atoms with Crippen molar-refractivity contribution in [1.82, 2.24) is 10.2 Å². The zero-order valence-corrected chi connectivity index (χ0v) is 10.2. The van der Waals surface area contributed by atoms with Gasteiger partial charge in [0.2, 0.25) is 0 Å². The van der Waals surface area contributed by atoms with Gasteiger partial charge in [0.05, 0.1) is 0 Å². The zero-order valence-electron chi connectivity index (χ0n) is 10.2. The molecule has 2 nitrogen and oxygen atoms in total. The van der Waals surface area contributed by atoms with Crippen molar-refractivity contribution in [3.05, 3.63) is 35.6 Å². The summed E-state index contributed by atoms with van der Waals surface area (Å²) in [6.07, 6.45) is 0. The third-order valence-electron chi connectivity index (χ3n) is 4.23. The fourth-order valence-electron chi connectivity index (χ4n) is 3.24. The molecule has 2 aliphatic rings. The largest absolute Gasteiger partial charge is 0.314 e. The highest BCUT2D eigenvalue weighted by atomic mass is 19.1. The van der Waals surface area contributed by atoms with Crippen molar-refractivity contribution in [1.29, 1.82) is 0 Å². The van der Waals surface area contributed by atoms with Gasteiger partial charge in [0.1, 0.15) is 5.82 Å². The number of halogens is 1. The Morgan fingerprint density at radius 3 is 2.76 bits per heavy atom. The maximum Gasteiger partial charge on any atom is 0.123 e. The maximum atomic E-state index is 12.8. The highest BCUT2D eigenvalue weighted by molar-refractivity contribution is 5.16. The Labute approximate surface area is 102 Å². The summed E-state index contributed by atoms with van der Waals surface area (Å²) in [5.41, 5.74) is 1.21. The van der Waals surface area contributed by atoms with Crippen molar-refractivity contribution in [3.8, 4) is 0 Å². The molecule has 1 aromatic carbocycles. The predicted molar refractivity (Wildman–Crippen MR) is 66.1 cm³/mol. The summed E-state index contributed by atoms with van der Waals surface area (Å²) in [6.45, 7) is 6.76. The van der Waals surface area contributed by atoms with Crippen molar-refractivity contribution in [2.75, 3.05) is 19.6 Å². The number of nitrogens with zero attached hydrogens (tertiary/aromatic N) is 1. The van der Waals surface area contributed by atoms with Gasteiger partial charge < -0.3 is 5.32 Å². The van der Waals surface area contributed by atoms with Crippen LogP contribution in [0.1, 0.15) is 12.5 Å². The molecule has 3 rings (SSSR count). The summed E-state index contributed by atoms with van der Waals surface area (Å²) in [6, 6.07) is 7.54. The zero-order chi connectivity index (χ0) is 11.8. The SMILES string of the molecule is C[C@@H]1NC[C@H]2CN(Cc3ccc(F)cc3)C[C@H]21. The Hall–Kier alpha value is -0.930. The third kappa shape index (κ3) is 2.22. The molecule has 2 heterocycles. The molecule has 0 unspecified atom stereocenters. The van der Waals surface area contributed by atoms with Gasteiger partial charge in [-0.2, -0.15) is 0 Å². The summed E-state index contributed by atoms with van der Waals surface area (Å²) >= 11 is 0. The first kappa shape index (κ1) is 11.2. The molecular weight excluding hydrogens is 215 g/mol. The van der Waals surface area contributed by atoms with E-state index in [2.05, 4.69) is 17.1 Å². The molecule has 3 atom stereocenters. The van der Waals surface area contributed by atoms with E-state index in [1.165, 1.54) is 18.7 Å². The van der Waals surface area contributed by atoms with Crippen molar-refractivity contribution < 1.29 is 4.39 Å². The summed E-state index contributed by atoms with van der Waals surface area (Å²) < 4.78 is 12.8. The van der Waals surface area contributed by atoms with Crippen LogP contribution in [0.25, 0.3) is 0 Å². The van der Waals surface area contributed by atoms with Gasteiger partial charge in [0.15, 0.2) is 0 Å². The van der Waals surface area contributed by atoms with E-state index in [1.807, 2.05) is 12.1 Å². The average Bonchev–Trinajstić information content (AvgIpc) is 2.85. The lowest BCUT2D eigenvalue weighted by Crippen LogP contribution is -2.30. The first-order chi connectivity index (χ1) is 8.22. The molecule has 2 saturated heterocycles. The van der Waals surface area contributed by atoms with Crippen LogP contribution in [0.2, 0.25) is 0 Å². The van der Waals surface area contributed by atoms with Gasteiger partial charge >= 0.3 is 0 Å². The molecule has 1 N–H and O–H groups in total. The van der Waals surface area contributed by atoms with E-state index in [1.54, 1.807) is 12.1 Å². The number of nitrogens with one attached hydrogen (secondary N) is 1. The lowest BCUT2D eigenvalue weighted by molar-refractivity contribution is 0.296. The van der Waals surface area contributed by atoms with Crippen LogP contribution < -0.4 is 5.32 Å². The second kappa shape index (κ2) is 4.39. The van der Waals surface area contributed by atoms with Crippen LogP contribution in [0.15, 0.2) is 24.3 Å². The molecule has 2 fully saturated rings. The standard InChI is InChI=1S/C14H19FN2/c1-10-14-9-17(8-12(14)6-16-10)7-11-2-4-13(15)5-3-11/h2-5,10,12,14,16H,6-9H2,1H3/t10-,12-,14-/m0/s1. The molecule has 0 aliphatic carbocycles. The van der Waals surface area contributed by atoms with Crippen LogP contribution in [0, 0.1) is 17.7 Å². The van der Waals surface area contributed by atoms with Crippen LogP contribution in [0.3, 0.4) is 0 Å². The predicted octanol–water partition coefficient (Wildman–Crippen LogP) is 1.87. The number of rotatable bonds is 2. The smallest absolute Gasteiger partial charge is 0.123 e. The number of likely N-dealkylation sites (tertiary alicyclic amines) is 1. The lowest BCUT2D eigenvalue weighted by Gasteiger charge is -2.18.